The molecule has 0 aromatic carbocycles. The van der Waals surface area contributed by atoms with Crippen molar-refractivity contribution in [3.05, 3.63) is 0 Å². The predicted octanol–water partition coefficient (Wildman–Crippen LogP) is -1.01. The molecule has 0 atom stereocenters. The maximum absolute atomic E-state index is 10.6. The lowest BCUT2D eigenvalue weighted by molar-refractivity contribution is -0.213. The van der Waals surface area contributed by atoms with Gasteiger partial charge in [0.05, 0.1) is 12.4 Å². The van der Waals surface area contributed by atoms with E-state index in [1.165, 1.54) is 6.92 Å². The first-order valence-corrected chi connectivity index (χ1v) is 4.95. The zero-order chi connectivity index (χ0) is 9.61. The molecule has 0 saturated heterocycles. The van der Waals surface area contributed by atoms with Gasteiger partial charge in [-0.25, -0.2) is 4.89 Å². The van der Waals surface area contributed by atoms with E-state index in [-0.39, 0.29) is 18.8 Å². The molecule has 0 aliphatic carbocycles. The maximum Gasteiger partial charge on any atom is 0.293 e. The molecule has 0 unspecified atom stereocenters. The molecule has 0 aromatic rings. The highest BCUT2D eigenvalue weighted by atomic mass is 32.2. The molecular weight excluding hydrogens is 188 g/mol. The molecule has 0 radical (unpaired) electrons. The summed E-state index contributed by atoms with van der Waals surface area (Å²) in [5.41, 5.74) is 0. The molecule has 0 amide bonds. The van der Waals surface area contributed by atoms with Crippen molar-refractivity contribution in [1.29, 1.82) is 0 Å². The molecule has 0 saturated carbocycles. The summed E-state index contributed by atoms with van der Waals surface area (Å²) >= 11 is 0. The molecule has 74 valence electrons. The first kappa shape index (κ1) is 11.8. The summed E-state index contributed by atoms with van der Waals surface area (Å²) in [5, 5.41) is 16.6. The first-order chi connectivity index (χ1) is 5.48. The molecule has 0 aliphatic heterocycles. The molecule has 0 fully saturated rings. The van der Waals surface area contributed by atoms with Crippen LogP contribution in [-0.4, -0.2) is 37.3 Å². The molecule has 0 rings (SSSR count). The molecule has 0 bridgehead atoms. The Bertz CT molecular complexity index is 196. The monoisotopic (exact) mass is 200 g/mol. The Morgan fingerprint density at radius 2 is 2.00 bits per heavy atom. The minimum atomic E-state index is -3.60. The van der Waals surface area contributed by atoms with Crippen LogP contribution >= 0.6 is 0 Å². The molecule has 12 heavy (non-hydrogen) atoms. The molecule has 0 aliphatic rings. The number of aliphatic hydroxyl groups is 2. The van der Waals surface area contributed by atoms with Crippen LogP contribution < -0.4 is 0 Å². The second-order valence-corrected chi connectivity index (χ2v) is 3.83. The van der Waals surface area contributed by atoms with Gasteiger partial charge in [0.15, 0.2) is 6.29 Å². The summed E-state index contributed by atoms with van der Waals surface area (Å²) in [6.07, 6.45) is -1.61. The highest BCUT2D eigenvalue weighted by molar-refractivity contribution is 7.86. The lowest BCUT2D eigenvalue weighted by Crippen LogP contribution is -2.13. The number of hydrogen-bond acceptors (Lipinski definition) is 6. The lowest BCUT2D eigenvalue weighted by atomic mass is 10.5. The molecule has 0 aromatic heterocycles. The minimum Gasteiger partial charge on any atom is -0.368 e. The summed E-state index contributed by atoms with van der Waals surface area (Å²) in [5.74, 6) is -0.186. The van der Waals surface area contributed by atoms with E-state index in [1.807, 2.05) is 0 Å². The Kier molecular flexibility index (Phi) is 5.34. The topological polar surface area (TPSA) is 93.1 Å². The van der Waals surface area contributed by atoms with Crippen LogP contribution in [-0.2, 0) is 19.3 Å². The summed E-state index contributed by atoms with van der Waals surface area (Å²) < 4.78 is 25.1. The van der Waals surface area contributed by atoms with Gasteiger partial charge in [-0.05, 0) is 6.92 Å². The minimum absolute atomic E-state index is 0.0980. The van der Waals surface area contributed by atoms with Crippen LogP contribution in [0.4, 0.5) is 0 Å². The fourth-order valence-electron chi connectivity index (χ4n) is 0.309. The van der Waals surface area contributed by atoms with Gasteiger partial charge in [-0.1, -0.05) is 0 Å². The van der Waals surface area contributed by atoms with Crippen molar-refractivity contribution in [2.24, 2.45) is 0 Å². The highest BCUT2D eigenvalue weighted by Gasteiger charge is 2.08. The van der Waals surface area contributed by atoms with Crippen molar-refractivity contribution >= 4 is 10.1 Å². The zero-order valence-corrected chi connectivity index (χ0v) is 7.45. The standard InChI is InChI=1S/C5H12O6S/c1-2-12(8,9)11-10-4-3-5(6)7/h5-7H,2-4H2,1H3. The fourth-order valence-corrected chi connectivity index (χ4v) is 0.620. The third-order valence-electron chi connectivity index (χ3n) is 0.965. The van der Waals surface area contributed by atoms with Gasteiger partial charge in [-0.3, -0.25) is 0 Å². The Morgan fingerprint density at radius 3 is 2.42 bits per heavy atom. The van der Waals surface area contributed by atoms with E-state index in [1.54, 1.807) is 0 Å². The summed E-state index contributed by atoms with van der Waals surface area (Å²) in [6, 6.07) is 0. The molecular formula is C5H12O6S. The fraction of sp³-hybridized carbons (Fsp3) is 1.00. The number of hydrogen-bond donors (Lipinski definition) is 2. The van der Waals surface area contributed by atoms with E-state index in [4.69, 9.17) is 10.2 Å². The summed E-state index contributed by atoms with van der Waals surface area (Å²) in [6.45, 7) is 1.22. The van der Waals surface area contributed by atoms with Crippen LogP contribution in [0, 0.1) is 0 Å². The predicted molar refractivity (Wildman–Crippen MR) is 39.3 cm³/mol. The van der Waals surface area contributed by atoms with Crippen LogP contribution in [0.25, 0.3) is 0 Å². The Labute approximate surface area is 70.8 Å². The van der Waals surface area contributed by atoms with Crippen LogP contribution in [0.15, 0.2) is 0 Å². The second kappa shape index (κ2) is 5.44. The van der Waals surface area contributed by atoms with Crippen molar-refractivity contribution in [1.82, 2.24) is 0 Å². The van der Waals surface area contributed by atoms with Gasteiger partial charge in [0.2, 0.25) is 0 Å². The normalized spacial score (nSPS) is 12.3. The van der Waals surface area contributed by atoms with Crippen LogP contribution in [0.5, 0.6) is 0 Å². The SMILES string of the molecule is CCS(=O)(=O)OOCCC(O)O. The molecule has 6 nitrogen and oxygen atoms in total. The second-order valence-electron chi connectivity index (χ2n) is 2.01. The Hall–Kier alpha value is -0.210. The van der Waals surface area contributed by atoms with Crippen LogP contribution in [0.2, 0.25) is 0 Å². The van der Waals surface area contributed by atoms with Gasteiger partial charge in [0.25, 0.3) is 10.1 Å². The van der Waals surface area contributed by atoms with Gasteiger partial charge in [-0.15, -0.1) is 4.33 Å². The van der Waals surface area contributed by atoms with Crippen LogP contribution in [0.3, 0.4) is 0 Å². The maximum atomic E-state index is 10.6. The smallest absolute Gasteiger partial charge is 0.293 e. The average molecular weight is 200 g/mol. The summed E-state index contributed by atoms with van der Waals surface area (Å²) in [7, 11) is -3.60. The van der Waals surface area contributed by atoms with Crippen molar-refractivity contribution in [3.63, 3.8) is 0 Å². The molecule has 7 heteroatoms. The summed E-state index contributed by atoms with van der Waals surface area (Å²) in [4.78, 5) is 4.19. The Morgan fingerprint density at radius 1 is 1.42 bits per heavy atom. The van der Waals surface area contributed by atoms with E-state index in [2.05, 4.69) is 9.22 Å². The van der Waals surface area contributed by atoms with E-state index in [0.29, 0.717) is 0 Å². The van der Waals surface area contributed by atoms with Gasteiger partial charge in [-0.2, -0.15) is 8.42 Å². The Balaban J connectivity index is 3.45. The number of aliphatic hydroxyl groups excluding tert-OH is 1. The largest absolute Gasteiger partial charge is 0.368 e. The van der Waals surface area contributed by atoms with E-state index >= 15 is 0 Å². The third-order valence-corrected chi connectivity index (χ3v) is 1.98. The number of rotatable bonds is 6. The van der Waals surface area contributed by atoms with E-state index < -0.39 is 16.4 Å². The lowest BCUT2D eigenvalue weighted by Gasteiger charge is -2.03. The van der Waals surface area contributed by atoms with Crippen molar-refractivity contribution in [2.75, 3.05) is 12.4 Å². The first-order valence-electron chi connectivity index (χ1n) is 3.38. The van der Waals surface area contributed by atoms with Gasteiger partial charge < -0.3 is 10.2 Å². The van der Waals surface area contributed by atoms with Gasteiger partial charge in [0, 0.05) is 6.42 Å². The zero-order valence-electron chi connectivity index (χ0n) is 6.63. The van der Waals surface area contributed by atoms with E-state index in [9.17, 15) is 8.42 Å². The van der Waals surface area contributed by atoms with Crippen molar-refractivity contribution in [2.45, 2.75) is 19.6 Å². The quantitative estimate of drug-likeness (QED) is 0.247. The van der Waals surface area contributed by atoms with Gasteiger partial charge in [0.1, 0.15) is 0 Å². The van der Waals surface area contributed by atoms with Gasteiger partial charge >= 0.3 is 0 Å². The molecule has 2 N–H and O–H groups in total. The van der Waals surface area contributed by atoms with Crippen molar-refractivity contribution < 1.29 is 27.9 Å². The highest BCUT2D eigenvalue weighted by Crippen LogP contribution is 1.95. The van der Waals surface area contributed by atoms with Crippen LogP contribution in [0.1, 0.15) is 13.3 Å². The molecule has 0 heterocycles. The average Bonchev–Trinajstić information content (AvgIpc) is 1.98. The van der Waals surface area contributed by atoms with Crippen molar-refractivity contribution in [3.8, 4) is 0 Å². The molecule has 0 spiro atoms. The van der Waals surface area contributed by atoms with E-state index in [0.717, 1.165) is 0 Å². The third kappa shape index (κ3) is 6.50.